The molecule has 0 amide bonds. The second-order valence-corrected chi connectivity index (χ2v) is 10.6. The van der Waals surface area contributed by atoms with Gasteiger partial charge >= 0.3 is 11.9 Å². The second kappa shape index (κ2) is 26.9. The number of likely N-dealkylation sites (N-methyl/N-ethyl adjacent to an activating group) is 1. The molecule has 1 heterocycles. The average molecular weight is 562 g/mol. The summed E-state index contributed by atoms with van der Waals surface area (Å²) in [6, 6.07) is 0. The van der Waals surface area contributed by atoms with Gasteiger partial charge in [0.2, 0.25) is 0 Å². The van der Waals surface area contributed by atoms with E-state index in [1.807, 2.05) is 20.8 Å². The summed E-state index contributed by atoms with van der Waals surface area (Å²) in [5.74, 6) is -0.436. The highest BCUT2D eigenvalue weighted by Crippen LogP contribution is 2.04. The molecule has 9 nitrogen and oxygen atoms in total. The number of piperazine rings is 1. The van der Waals surface area contributed by atoms with E-state index in [1.54, 1.807) is 6.92 Å². The predicted molar refractivity (Wildman–Crippen MR) is 160 cm³/mol. The van der Waals surface area contributed by atoms with E-state index < -0.39 is 0 Å². The van der Waals surface area contributed by atoms with Crippen LogP contribution in [0.1, 0.15) is 87.5 Å². The van der Waals surface area contributed by atoms with Crippen LogP contribution in [0.5, 0.6) is 0 Å². The van der Waals surface area contributed by atoms with Crippen LogP contribution in [-0.4, -0.2) is 125 Å². The maximum absolute atomic E-state index is 12.1. The Labute approximate surface area is 240 Å². The zero-order valence-corrected chi connectivity index (χ0v) is 27.1. The third-order valence-electron chi connectivity index (χ3n) is 5.64. The van der Waals surface area contributed by atoms with E-state index >= 15 is 0 Å². The van der Waals surface area contributed by atoms with E-state index in [2.05, 4.69) is 56.5 Å². The van der Waals surface area contributed by atoms with Gasteiger partial charge in [0.05, 0.1) is 31.8 Å². The topological polar surface area (TPSA) is 80.8 Å². The van der Waals surface area contributed by atoms with E-state index in [4.69, 9.17) is 18.9 Å². The van der Waals surface area contributed by atoms with E-state index in [0.29, 0.717) is 32.6 Å². The molecule has 0 aromatic heterocycles. The third kappa shape index (κ3) is 26.7. The minimum Gasteiger partial charge on any atom is -0.463 e. The Morgan fingerprint density at radius 2 is 1.28 bits per heavy atom. The van der Waals surface area contributed by atoms with Crippen LogP contribution in [-0.2, 0) is 28.5 Å². The van der Waals surface area contributed by atoms with Gasteiger partial charge in [-0.25, -0.2) is 0 Å². The number of hydrogen-bond acceptors (Lipinski definition) is 9. The van der Waals surface area contributed by atoms with Crippen molar-refractivity contribution in [1.82, 2.24) is 14.7 Å². The van der Waals surface area contributed by atoms with Gasteiger partial charge in [0.1, 0.15) is 12.7 Å². The Hall–Kier alpha value is -1.26. The number of carbonyl (C=O) groups is 2. The summed E-state index contributed by atoms with van der Waals surface area (Å²) in [7, 11) is 4.22. The van der Waals surface area contributed by atoms with Gasteiger partial charge in [0.25, 0.3) is 0 Å². The quantitative estimate of drug-likeness (QED) is 0.239. The van der Waals surface area contributed by atoms with Gasteiger partial charge < -0.3 is 33.6 Å². The Morgan fingerprint density at radius 3 is 1.82 bits per heavy atom. The summed E-state index contributed by atoms with van der Waals surface area (Å²) in [6.07, 6.45) is 3.68. The lowest BCUT2D eigenvalue weighted by atomic mass is 10.3. The van der Waals surface area contributed by atoms with E-state index in [1.165, 1.54) is 12.8 Å². The molecule has 3 unspecified atom stereocenters. The molecule has 1 rings (SSSR count). The first-order valence-corrected chi connectivity index (χ1v) is 15.2. The van der Waals surface area contributed by atoms with Gasteiger partial charge in [-0.15, -0.1) is 0 Å². The first kappa shape index (κ1) is 39.9. The van der Waals surface area contributed by atoms with Crippen LogP contribution < -0.4 is 0 Å². The molecule has 39 heavy (non-hydrogen) atoms. The summed E-state index contributed by atoms with van der Waals surface area (Å²) in [5.41, 5.74) is 0. The molecule has 234 valence electrons. The first-order valence-electron chi connectivity index (χ1n) is 15.2. The highest BCUT2D eigenvalue weighted by molar-refractivity contribution is 5.69. The van der Waals surface area contributed by atoms with Crippen LogP contribution in [0.15, 0.2) is 0 Å². The molecule has 0 aliphatic carbocycles. The Morgan fingerprint density at radius 1 is 0.769 bits per heavy atom. The van der Waals surface area contributed by atoms with E-state index in [9.17, 15) is 9.59 Å². The normalized spacial score (nSPS) is 16.3. The molecule has 0 bridgehead atoms. The lowest BCUT2D eigenvalue weighted by Crippen LogP contribution is -2.45. The molecule has 0 N–H and O–H groups in total. The van der Waals surface area contributed by atoms with E-state index in [-0.39, 0.29) is 36.9 Å². The largest absolute Gasteiger partial charge is 0.463 e. The Balaban J connectivity index is 0. The average Bonchev–Trinajstić information content (AvgIpc) is 2.90. The smallest absolute Gasteiger partial charge is 0.307 e. The van der Waals surface area contributed by atoms with Crippen molar-refractivity contribution in [1.29, 1.82) is 0 Å². The number of hydrogen-bond donors (Lipinski definition) is 0. The van der Waals surface area contributed by atoms with Crippen LogP contribution >= 0.6 is 0 Å². The van der Waals surface area contributed by atoms with Gasteiger partial charge in [-0.2, -0.15) is 0 Å². The van der Waals surface area contributed by atoms with Crippen molar-refractivity contribution in [3.8, 4) is 0 Å². The van der Waals surface area contributed by atoms with Gasteiger partial charge in [-0.1, -0.05) is 47.5 Å². The fourth-order valence-electron chi connectivity index (χ4n) is 3.36. The maximum Gasteiger partial charge on any atom is 0.307 e. The molecule has 1 saturated heterocycles. The number of carbonyl (C=O) groups excluding carboxylic acids is 2. The van der Waals surface area contributed by atoms with Gasteiger partial charge in [0, 0.05) is 39.1 Å². The third-order valence-corrected chi connectivity index (χ3v) is 5.64. The minimum atomic E-state index is -0.314. The lowest BCUT2D eigenvalue weighted by molar-refractivity contribution is -0.154. The van der Waals surface area contributed by atoms with Crippen LogP contribution in [0.2, 0.25) is 0 Å². The van der Waals surface area contributed by atoms with Crippen molar-refractivity contribution in [3.05, 3.63) is 0 Å². The number of ether oxygens (including phenoxy) is 4. The molecule has 0 spiro atoms. The summed E-state index contributed by atoms with van der Waals surface area (Å²) in [6.45, 7) is 24.1. The first-order chi connectivity index (χ1) is 18.5. The summed E-state index contributed by atoms with van der Waals surface area (Å²) >= 11 is 0. The molecule has 0 aromatic carbocycles. The number of nitrogens with zero attached hydrogens (tertiary/aromatic N) is 3. The van der Waals surface area contributed by atoms with Gasteiger partial charge in [-0.05, 0) is 54.4 Å². The summed E-state index contributed by atoms with van der Waals surface area (Å²) in [5, 5.41) is 0. The van der Waals surface area contributed by atoms with E-state index in [0.717, 1.165) is 45.7 Å². The standard InChI is InChI=1S/C24H47N3O6.2C3H8/c1-7-23(28)32-18-21(3)30-17-20(2)31-19-22(4)33-24(29)9-12-25(5)10-8-11-27-15-13-26(6)14-16-27;2*1-3-2/h20-22H,7-19H2,1-6H3;2*3H2,1-2H3. The molecule has 1 fully saturated rings. The van der Waals surface area contributed by atoms with Crippen LogP contribution in [0.4, 0.5) is 0 Å². The highest BCUT2D eigenvalue weighted by atomic mass is 16.6. The molecule has 1 aliphatic heterocycles. The van der Waals surface area contributed by atoms with Crippen molar-refractivity contribution >= 4 is 11.9 Å². The Kier molecular flexibility index (Phi) is 27.5. The van der Waals surface area contributed by atoms with Crippen LogP contribution in [0, 0.1) is 0 Å². The predicted octanol–water partition coefficient (Wildman–Crippen LogP) is 4.47. The van der Waals surface area contributed by atoms with Crippen LogP contribution in [0.3, 0.4) is 0 Å². The fraction of sp³-hybridized carbons (Fsp3) is 0.933. The Bertz CT molecular complexity index is 571. The molecule has 0 radical (unpaired) electrons. The maximum atomic E-state index is 12.1. The SMILES string of the molecule is CCC.CCC.CCC(=O)OCC(C)OCC(C)OCC(C)OC(=O)CCN(C)CCCN1CCN(C)CC1. The number of rotatable bonds is 17. The molecule has 0 aromatic rings. The second-order valence-electron chi connectivity index (χ2n) is 10.6. The monoisotopic (exact) mass is 561 g/mol. The molecule has 1 aliphatic rings. The summed E-state index contributed by atoms with van der Waals surface area (Å²) in [4.78, 5) is 30.4. The fourth-order valence-corrected chi connectivity index (χ4v) is 3.36. The zero-order valence-electron chi connectivity index (χ0n) is 27.1. The van der Waals surface area contributed by atoms with Crippen molar-refractivity contribution in [3.63, 3.8) is 0 Å². The molecular formula is C30H63N3O6. The lowest BCUT2D eigenvalue weighted by Gasteiger charge is -2.32. The number of esters is 2. The molecular weight excluding hydrogens is 498 g/mol. The van der Waals surface area contributed by atoms with Crippen molar-refractivity contribution in [2.75, 3.05) is 79.7 Å². The zero-order chi connectivity index (χ0) is 30.1. The van der Waals surface area contributed by atoms with Crippen molar-refractivity contribution in [2.24, 2.45) is 0 Å². The van der Waals surface area contributed by atoms with Crippen molar-refractivity contribution < 1.29 is 28.5 Å². The molecule has 9 heteroatoms. The molecule has 3 atom stereocenters. The highest BCUT2D eigenvalue weighted by Gasteiger charge is 2.15. The van der Waals surface area contributed by atoms with Gasteiger partial charge in [-0.3, -0.25) is 9.59 Å². The van der Waals surface area contributed by atoms with Crippen molar-refractivity contribution in [2.45, 2.75) is 106 Å². The minimum absolute atomic E-state index is 0.151. The van der Waals surface area contributed by atoms with Crippen LogP contribution in [0.25, 0.3) is 0 Å². The van der Waals surface area contributed by atoms with Gasteiger partial charge in [0.15, 0.2) is 0 Å². The summed E-state index contributed by atoms with van der Waals surface area (Å²) < 4.78 is 21.9. The molecule has 0 saturated carbocycles.